The van der Waals surface area contributed by atoms with Crippen LogP contribution in [-0.2, 0) is 9.53 Å². The normalized spacial score (nSPS) is 15.4. The summed E-state index contributed by atoms with van der Waals surface area (Å²) in [5.41, 5.74) is 3.26. The Morgan fingerprint density at radius 1 is 1.04 bits per heavy atom. The van der Waals surface area contributed by atoms with Crippen LogP contribution in [0.3, 0.4) is 0 Å². The van der Waals surface area contributed by atoms with Gasteiger partial charge in [-0.2, -0.15) is 0 Å². The van der Waals surface area contributed by atoms with Crippen LogP contribution in [0.2, 0.25) is 0 Å². The van der Waals surface area contributed by atoms with E-state index in [1.807, 2.05) is 67.7 Å². The topological polar surface area (TPSA) is 41.9 Å². The zero-order valence-corrected chi connectivity index (χ0v) is 15.2. The number of alkyl halides is 1. The van der Waals surface area contributed by atoms with Crippen molar-refractivity contribution in [1.82, 2.24) is 0 Å². The number of halogens is 1. The van der Waals surface area contributed by atoms with Gasteiger partial charge in [0, 0.05) is 31.2 Å². The number of hydrogen-bond donors (Lipinski definition) is 0. The average Bonchev–Trinajstić information content (AvgIpc) is 3.01. The lowest BCUT2D eigenvalue weighted by molar-refractivity contribution is -0.129. The first-order valence-electron chi connectivity index (χ1n) is 8.28. The molecule has 4 nitrogen and oxygen atoms in total. The molecular formula is C21H19ClN2O2. The number of benzene rings is 2. The number of hydrogen-bond acceptors (Lipinski definition) is 4. The molecule has 0 spiro atoms. The fraction of sp³-hybridized carbons (Fsp3) is 0.143. The molecular weight excluding hydrogens is 348 g/mol. The second-order valence-electron chi connectivity index (χ2n) is 5.82. The highest BCUT2D eigenvalue weighted by Crippen LogP contribution is 2.19. The Morgan fingerprint density at radius 3 is 2.46 bits per heavy atom. The Bertz CT molecular complexity index is 855. The van der Waals surface area contributed by atoms with Gasteiger partial charge in [-0.25, -0.2) is 9.79 Å². The van der Waals surface area contributed by atoms with Crippen molar-refractivity contribution in [3.05, 3.63) is 77.5 Å². The first-order valence-corrected chi connectivity index (χ1v) is 8.82. The van der Waals surface area contributed by atoms with E-state index in [1.54, 1.807) is 12.2 Å². The monoisotopic (exact) mass is 366 g/mol. The van der Waals surface area contributed by atoms with E-state index in [0.717, 1.165) is 23.4 Å². The minimum Gasteiger partial charge on any atom is -0.403 e. The first-order chi connectivity index (χ1) is 12.7. The molecule has 0 saturated carbocycles. The molecule has 132 valence electrons. The van der Waals surface area contributed by atoms with Crippen molar-refractivity contribution in [2.24, 2.45) is 4.99 Å². The van der Waals surface area contributed by atoms with Gasteiger partial charge >= 0.3 is 5.97 Å². The number of anilines is 1. The molecule has 0 aromatic heterocycles. The average molecular weight is 367 g/mol. The van der Waals surface area contributed by atoms with Crippen molar-refractivity contribution in [1.29, 1.82) is 0 Å². The summed E-state index contributed by atoms with van der Waals surface area (Å²) in [6, 6.07) is 17.6. The van der Waals surface area contributed by atoms with Crippen LogP contribution in [-0.4, -0.2) is 31.3 Å². The number of cyclic esters (lactones) is 1. The predicted molar refractivity (Wildman–Crippen MR) is 107 cm³/mol. The Hall–Kier alpha value is -2.85. The summed E-state index contributed by atoms with van der Waals surface area (Å²) >= 11 is 5.76. The second kappa shape index (κ2) is 8.50. The zero-order valence-electron chi connectivity index (χ0n) is 14.4. The first kappa shape index (κ1) is 18.0. The molecule has 0 fully saturated rings. The highest BCUT2D eigenvalue weighted by Gasteiger charge is 2.21. The Morgan fingerprint density at radius 2 is 1.77 bits per heavy atom. The smallest absolute Gasteiger partial charge is 0.363 e. The maximum absolute atomic E-state index is 12.0. The van der Waals surface area contributed by atoms with Crippen LogP contribution in [0.15, 0.2) is 71.4 Å². The summed E-state index contributed by atoms with van der Waals surface area (Å²) in [5, 5.41) is 0. The number of carbonyl (C=O) groups excluding carboxylic acids is 1. The van der Waals surface area contributed by atoms with E-state index in [-0.39, 0.29) is 0 Å². The Balaban J connectivity index is 1.73. The van der Waals surface area contributed by atoms with Gasteiger partial charge in [0.05, 0.1) is 0 Å². The molecule has 0 N–H and O–H groups in total. The van der Waals surface area contributed by atoms with Crippen LogP contribution >= 0.6 is 11.6 Å². The molecule has 2 aromatic carbocycles. The number of nitrogens with zero attached hydrogens (tertiary/aromatic N) is 2. The fourth-order valence-corrected chi connectivity index (χ4v) is 2.72. The van der Waals surface area contributed by atoms with Crippen LogP contribution in [0, 0.1) is 0 Å². The third kappa shape index (κ3) is 4.61. The summed E-state index contributed by atoms with van der Waals surface area (Å²) in [5.74, 6) is 0.423. The summed E-state index contributed by atoms with van der Waals surface area (Å²) in [7, 11) is 1.99. The molecule has 0 aliphatic carbocycles. The lowest BCUT2D eigenvalue weighted by atomic mass is 10.1. The predicted octanol–water partition coefficient (Wildman–Crippen LogP) is 4.37. The maximum Gasteiger partial charge on any atom is 0.363 e. The molecule has 3 rings (SSSR count). The van der Waals surface area contributed by atoms with Crippen molar-refractivity contribution in [2.75, 3.05) is 24.4 Å². The summed E-state index contributed by atoms with van der Waals surface area (Å²) in [6.45, 7) is 0.774. The Kier molecular flexibility index (Phi) is 5.87. The summed E-state index contributed by atoms with van der Waals surface area (Å²) in [6.07, 6.45) is 5.27. The van der Waals surface area contributed by atoms with Crippen molar-refractivity contribution in [3.63, 3.8) is 0 Å². The van der Waals surface area contributed by atoms with Gasteiger partial charge in [0.1, 0.15) is 0 Å². The molecule has 0 amide bonds. The minimum absolute atomic E-state index is 0.291. The van der Waals surface area contributed by atoms with Crippen molar-refractivity contribution < 1.29 is 9.53 Å². The number of carbonyl (C=O) groups is 1. The van der Waals surface area contributed by atoms with Gasteiger partial charge in [-0.05, 0) is 35.4 Å². The highest BCUT2D eigenvalue weighted by atomic mass is 35.5. The molecule has 0 unspecified atom stereocenters. The van der Waals surface area contributed by atoms with Gasteiger partial charge in [-0.15, -0.1) is 11.6 Å². The van der Waals surface area contributed by atoms with Gasteiger partial charge < -0.3 is 9.64 Å². The molecule has 0 bridgehead atoms. The second-order valence-corrected chi connectivity index (χ2v) is 6.19. The maximum atomic E-state index is 12.0. The van der Waals surface area contributed by atoms with Crippen LogP contribution in [0.4, 0.5) is 5.69 Å². The summed E-state index contributed by atoms with van der Waals surface area (Å²) in [4.78, 5) is 18.3. The molecule has 1 aliphatic heterocycles. The molecule has 0 radical (unpaired) electrons. The zero-order chi connectivity index (χ0) is 18.4. The van der Waals surface area contributed by atoms with E-state index >= 15 is 0 Å². The summed E-state index contributed by atoms with van der Waals surface area (Å²) < 4.78 is 5.19. The van der Waals surface area contributed by atoms with Gasteiger partial charge in [-0.1, -0.05) is 42.5 Å². The van der Waals surface area contributed by atoms with Crippen LogP contribution in [0.1, 0.15) is 11.1 Å². The van der Waals surface area contributed by atoms with E-state index in [2.05, 4.69) is 9.89 Å². The number of esters is 1. The third-order valence-corrected chi connectivity index (χ3v) is 4.08. The number of rotatable bonds is 6. The SMILES string of the molecule is CN(CCCl)c1ccc(/C=C2N=C(/C=C\c3ccccc3)OC/2=O)cc1. The number of ether oxygens (including phenoxy) is 1. The number of aliphatic imine (C=N–C) groups is 1. The molecule has 2 aromatic rings. The standard InChI is InChI=1S/C21H19ClN2O2/c1-24(14-13-22)18-10-7-17(8-11-18)15-19-21(25)26-20(23-19)12-9-16-5-3-2-4-6-16/h2-12,15H,13-14H2,1H3/b12-9-,19-15+. The Labute approximate surface area is 158 Å². The van der Waals surface area contributed by atoms with Crippen LogP contribution < -0.4 is 4.90 Å². The van der Waals surface area contributed by atoms with Crippen LogP contribution in [0.25, 0.3) is 12.2 Å². The molecule has 0 saturated heterocycles. The van der Waals surface area contributed by atoms with Gasteiger partial charge in [0.25, 0.3) is 0 Å². The highest BCUT2D eigenvalue weighted by molar-refractivity contribution is 6.18. The van der Waals surface area contributed by atoms with Gasteiger partial charge in [0.2, 0.25) is 5.90 Å². The molecule has 0 atom stereocenters. The third-order valence-electron chi connectivity index (χ3n) is 3.91. The quantitative estimate of drug-likeness (QED) is 0.433. The van der Waals surface area contributed by atoms with Gasteiger partial charge in [0.15, 0.2) is 5.70 Å². The fourth-order valence-electron chi connectivity index (χ4n) is 2.47. The van der Waals surface area contributed by atoms with Gasteiger partial charge in [-0.3, -0.25) is 0 Å². The van der Waals surface area contributed by atoms with Crippen molar-refractivity contribution in [3.8, 4) is 0 Å². The van der Waals surface area contributed by atoms with Crippen molar-refractivity contribution >= 4 is 41.3 Å². The molecule has 1 aliphatic rings. The van der Waals surface area contributed by atoms with E-state index in [0.29, 0.717) is 17.5 Å². The largest absolute Gasteiger partial charge is 0.403 e. The molecule has 26 heavy (non-hydrogen) atoms. The van der Waals surface area contributed by atoms with Crippen LogP contribution in [0.5, 0.6) is 0 Å². The molecule has 1 heterocycles. The lowest BCUT2D eigenvalue weighted by Gasteiger charge is -2.17. The van der Waals surface area contributed by atoms with E-state index < -0.39 is 5.97 Å². The van der Waals surface area contributed by atoms with E-state index in [1.165, 1.54) is 0 Å². The lowest BCUT2D eigenvalue weighted by Crippen LogP contribution is -2.19. The van der Waals surface area contributed by atoms with E-state index in [4.69, 9.17) is 16.3 Å². The van der Waals surface area contributed by atoms with Crippen molar-refractivity contribution in [2.45, 2.75) is 0 Å². The minimum atomic E-state index is -0.443. The molecule has 5 heteroatoms. The van der Waals surface area contributed by atoms with E-state index in [9.17, 15) is 4.79 Å².